The lowest BCUT2D eigenvalue weighted by Crippen LogP contribution is -2.29. The summed E-state index contributed by atoms with van der Waals surface area (Å²) in [5, 5.41) is 1.56. The van der Waals surface area contributed by atoms with Gasteiger partial charge >= 0.3 is 0 Å². The van der Waals surface area contributed by atoms with E-state index in [1.165, 1.54) is 8.28 Å². The molecule has 0 spiro atoms. The molecule has 1 aliphatic rings. The van der Waals surface area contributed by atoms with Crippen LogP contribution in [0.2, 0.25) is 0 Å². The molecule has 182 valence electrons. The SMILES string of the molecule is Cc1ccc(S(=O)(=O)N2CCc3c2ccc2c3c3ccccc3n2S(=O)(=O)c2ccc(C)cc2)cc1. The number of fused-ring (bicyclic) bond motifs is 5. The van der Waals surface area contributed by atoms with Crippen LogP contribution in [0.4, 0.5) is 5.69 Å². The molecule has 0 amide bonds. The summed E-state index contributed by atoms with van der Waals surface area (Å²) in [6.07, 6.45) is 0.496. The van der Waals surface area contributed by atoms with Crippen molar-refractivity contribution in [2.75, 3.05) is 10.8 Å². The number of benzene rings is 4. The number of aryl methyl sites for hydroxylation is 2. The van der Waals surface area contributed by atoms with E-state index < -0.39 is 20.0 Å². The van der Waals surface area contributed by atoms with E-state index >= 15 is 0 Å². The Labute approximate surface area is 210 Å². The third kappa shape index (κ3) is 3.28. The topological polar surface area (TPSA) is 76.5 Å². The number of sulfonamides is 1. The predicted octanol–water partition coefficient (Wildman–Crippen LogP) is 5.40. The van der Waals surface area contributed by atoms with Crippen LogP contribution in [0.3, 0.4) is 0 Å². The molecule has 0 N–H and O–H groups in total. The first-order chi connectivity index (χ1) is 17.2. The highest BCUT2D eigenvalue weighted by molar-refractivity contribution is 7.92. The molecule has 6 nitrogen and oxygen atoms in total. The summed E-state index contributed by atoms with van der Waals surface area (Å²) in [6, 6.07) is 24.5. The molecule has 0 aliphatic carbocycles. The summed E-state index contributed by atoms with van der Waals surface area (Å²) in [7, 11) is -7.64. The molecule has 0 saturated carbocycles. The molecule has 0 unspecified atom stereocenters. The Morgan fingerprint density at radius 1 is 0.639 bits per heavy atom. The van der Waals surface area contributed by atoms with Gasteiger partial charge in [-0.05, 0) is 68.3 Å². The largest absolute Gasteiger partial charge is 0.268 e. The maximum absolute atomic E-state index is 13.8. The normalized spacial score (nSPS) is 14.0. The molecule has 4 aromatic carbocycles. The van der Waals surface area contributed by atoms with Crippen LogP contribution >= 0.6 is 0 Å². The van der Waals surface area contributed by atoms with E-state index in [0.29, 0.717) is 29.7 Å². The quantitative estimate of drug-likeness (QED) is 0.321. The van der Waals surface area contributed by atoms with Crippen molar-refractivity contribution in [3.05, 3.63) is 102 Å². The molecular weight excluding hydrogens is 492 g/mol. The third-order valence-electron chi connectivity index (χ3n) is 6.88. The van der Waals surface area contributed by atoms with Crippen molar-refractivity contribution in [3.63, 3.8) is 0 Å². The Balaban J connectivity index is 1.59. The Bertz CT molecular complexity index is 1870. The summed E-state index contributed by atoms with van der Waals surface area (Å²) in [4.78, 5) is 0.449. The first kappa shape index (κ1) is 22.8. The number of anilines is 1. The zero-order chi connectivity index (χ0) is 25.2. The molecule has 0 atom stereocenters. The highest BCUT2D eigenvalue weighted by Gasteiger charge is 2.34. The summed E-state index contributed by atoms with van der Waals surface area (Å²) >= 11 is 0. The highest BCUT2D eigenvalue weighted by Crippen LogP contribution is 2.42. The van der Waals surface area contributed by atoms with Crippen LogP contribution < -0.4 is 4.31 Å². The van der Waals surface area contributed by atoms with Gasteiger partial charge in [0.25, 0.3) is 20.0 Å². The van der Waals surface area contributed by atoms with Gasteiger partial charge in [-0.2, -0.15) is 0 Å². The molecule has 8 heteroatoms. The second kappa shape index (κ2) is 7.94. The van der Waals surface area contributed by atoms with Crippen molar-refractivity contribution in [1.29, 1.82) is 0 Å². The number of rotatable bonds is 4. The lowest BCUT2D eigenvalue weighted by atomic mass is 10.0. The number of hydrogen-bond donors (Lipinski definition) is 0. The first-order valence-corrected chi connectivity index (χ1v) is 14.5. The zero-order valence-corrected chi connectivity index (χ0v) is 21.5. The third-order valence-corrected chi connectivity index (χ3v) is 10.4. The minimum atomic E-state index is -3.89. The summed E-state index contributed by atoms with van der Waals surface area (Å²) in [5.74, 6) is 0. The molecule has 2 heterocycles. The number of para-hydroxylation sites is 1. The molecular formula is C28H24N2O4S2. The smallest absolute Gasteiger partial charge is 0.266 e. The lowest BCUT2D eigenvalue weighted by Gasteiger charge is -2.20. The van der Waals surface area contributed by atoms with Gasteiger partial charge in [0.1, 0.15) is 0 Å². The maximum atomic E-state index is 13.8. The van der Waals surface area contributed by atoms with Crippen molar-refractivity contribution in [2.24, 2.45) is 0 Å². The van der Waals surface area contributed by atoms with Crippen LogP contribution in [0.15, 0.2) is 94.7 Å². The van der Waals surface area contributed by atoms with Gasteiger partial charge in [0.05, 0.1) is 26.5 Å². The lowest BCUT2D eigenvalue weighted by molar-refractivity contribution is 0.589. The molecule has 1 aliphatic heterocycles. The summed E-state index contributed by atoms with van der Waals surface area (Å²) < 4.78 is 57.5. The minimum absolute atomic E-state index is 0.208. The number of nitrogens with zero attached hydrogens (tertiary/aromatic N) is 2. The van der Waals surface area contributed by atoms with Crippen LogP contribution in [0, 0.1) is 13.8 Å². The fraction of sp³-hybridized carbons (Fsp3) is 0.143. The van der Waals surface area contributed by atoms with E-state index in [0.717, 1.165) is 27.5 Å². The van der Waals surface area contributed by atoms with Crippen molar-refractivity contribution < 1.29 is 16.8 Å². The predicted molar refractivity (Wildman–Crippen MR) is 143 cm³/mol. The van der Waals surface area contributed by atoms with Gasteiger partial charge in [-0.1, -0.05) is 53.6 Å². The van der Waals surface area contributed by atoms with Crippen molar-refractivity contribution in [1.82, 2.24) is 3.97 Å². The van der Waals surface area contributed by atoms with Gasteiger partial charge in [-0.25, -0.2) is 20.8 Å². The minimum Gasteiger partial charge on any atom is -0.266 e. The highest BCUT2D eigenvalue weighted by atomic mass is 32.2. The fourth-order valence-corrected chi connectivity index (χ4v) is 8.08. The van der Waals surface area contributed by atoms with Gasteiger partial charge < -0.3 is 0 Å². The van der Waals surface area contributed by atoms with Gasteiger partial charge in [0.15, 0.2) is 0 Å². The molecule has 36 heavy (non-hydrogen) atoms. The number of aromatic nitrogens is 1. The molecule has 6 rings (SSSR count). The second-order valence-electron chi connectivity index (χ2n) is 9.20. The molecule has 0 radical (unpaired) electrons. The number of hydrogen-bond acceptors (Lipinski definition) is 4. The van der Waals surface area contributed by atoms with E-state index in [2.05, 4.69) is 0 Å². The van der Waals surface area contributed by atoms with Gasteiger partial charge in [-0.3, -0.25) is 4.31 Å². The van der Waals surface area contributed by atoms with Gasteiger partial charge in [0, 0.05) is 17.3 Å². The molecule has 5 aromatic rings. The van der Waals surface area contributed by atoms with E-state index in [-0.39, 0.29) is 9.79 Å². The molecule has 1 aromatic heterocycles. The van der Waals surface area contributed by atoms with Crippen LogP contribution in [0.5, 0.6) is 0 Å². The Morgan fingerprint density at radius 3 is 1.86 bits per heavy atom. The van der Waals surface area contributed by atoms with Crippen LogP contribution in [0.1, 0.15) is 16.7 Å². The van der Waals surface area contributed by atoms with Crippen molar-refractivity contribution in [2.45, 2.75) is 30.1 Å². The molecule has 0 saturated heterocycles. The summed E-state index contributed by atoms with van der Waals surface area (Å²) in [6.45, 7) is 4.13. The first-order valence-electron chi connectivity index (χ1n) is 11.7. The van der Waals surface area contributed by atoms with Crippen LogP contribution in [0.25, 0.3) is 21.8 Å². The average molecular weight is 517 g/mol. The van der Waals surface area contributed by atoms with Gasteiger partial charge in [-0.15, -0.1) is 0 Å². The Morgan fingerprint density at radius 2 is 1.22 bits per heavy atom. The Hall–Kier alpha value is -3.62. The Kier molecular flexibility index (Phi) is 5.04. The zero-order valence-electron chi connectivity index (χ0n) is 19.8. The van der Waals surface area contributed by atoms with E-state index in [1.807, 2.05) is 32.0 Å². The second-order valence-corrected chi connectivity index (χ2v) is 12.8. The average Bonchev–Trinajstić information content (AvgIpc) is 3.44. The maximum Gasteiger partial charge on any atom is 0.268 e. The van der Waals surface area contributed by atoms with Crippen LogP contribution in [-0.2, 0) is 26.5 Å². The van der Waals surface area contributed by atoms with Crippen molar-refractivity contribution in [3.8, 4) is 0 Å². The van der Waals surface area contributed by atoms with Gasteiger partial charge in [0.2, 0.25) is 0 Å². The molecule has 0 fully saturated rings. The van der Waals surface area contributed by atoms with Crippen LogP contribution in [-0.4, -0.2) is 27.4 Å². The monoisotopic (exact) mass is 516 g/mol. The van der Waals surface area contributed by atoms with E-state index in [4.69, 9.17) is 0 Å². The van der Waals surface area contributed by atoms with E-state index in [1.54, 1.807) is 66.7 Å². The van der Waals surface area contributed by atoms with E-state index in [9.17, 15) is 16.8 Å². The van der Waals surface area contributed by atoms with Crippen molar-refractivity contribution >= 4 is 47.5 Å². The summed E-state index contributed by atoms with van der Waals surface area (Å²) in [5.41, 5.74) is 4.52. The fourth-order valence-electron chi connectivity index (χ4n) is 5.07. The standard InChI is InChI=1S/C28H24N2O4S2/c1-19-7-11-21(12-8-19)35(31,32)29-18-17-24-25(29)15-16-27-28(24)23-5-3-4-6-26(23)30(27)36(33,34)22-13-9-20(2)10-14-22/h3-16H,17-18H2,1-2H3. The molecule has 0 bridgehead atoms.